The maximum Gasteiger partial charge on any atom is 0.274 e. The number of benzene rings is 2. The van der Waals surface area contributed by atoms with E-state index in [1.165, 1.54) is 12.1 Å². The minimum atomic E-state index is -0.220. The molecule has 0 unspecified atom stereocenters. The highest BCUT2D eigenvalue weighted by Gasteiger charge is 2.21. The molecule has 0 bridgehead atoms. The summed E-state index contributed by atoms with van der Waals surface area (Å²) in [6, 6.07) is 14.2. The predicted molar refractivity (Wildman–Crippen MR) is 102 cm³/mol. The van der Waals surface area contributed by atoms with Crippen molar-refractivity contribution in [2.45, 2.75) is 13.0 Å². The highest BCUT2D eigenvalue weighted by Crippen LogP contribution is 2.13. The van der Waals surface area contributed by atoms with Crippen LogP contribution in [-0.4, -0.2) is 51.9 Å². The van der Waals surface area contributed by atoms with Gasteiger partial charge in [0.2, 0.25) is 0 Å². The molecule has 27 heavy (non-hydrogen) atoms. The third-order valence-corrected chi connectivity index (χ3v) is 4.86. The molecule has 0 spiro atoms. The van der Waals surface area contributed by atoms with Crippen LogP contribution in [0.15, 0.2) is 54.7 Å². The minimum absolute atomic E-state index is 0.0723. The highest BCUT2D eigenvalue weighted by molar-refractivity contribution is 5.93. The van der Waals surface area contributed by atoms with E-state index in [4.69, 9.17) is 0 Å². The Morgan fingerprint density at radius 3 is 2.56 bits per heavy atom. The van der Waals surface area contributed by atoms with Crippen molar-refractivity contribution in [3.63, 3.8) is 0 Å². The monoisotopic (exact) mass is 364 g/mol. The number of fused-ring (bicyclic) bond motifs is 1. The topological polar surface area (TPSA) is 49.3 Å². The smallest absolute Gasteiger partial charge is 0.274 e. The number of nitrogens with zero attached hydrogens (tertiary/aromatic N) is 4. The van der Waals surface area contributed by atoms with E-state index in [0.717, 1.165) is 42.7 Å². The summed E-state index contributed by atoms with van der Waals surface area (Å²) < 4.78 is 13.1. The van der Waals surface area contributed by atoms with Gasteiger partial charge in [0, 0.05) is 32.7 Å². The first-order valence-corrected chi connectivity index (χ1v) is 9.17. The van der Waals surface area contributed by atoms with Gasteiger partial charge < -0.3 is 4.90 Å². The Morgan fingerprint density at radius 1 is 0.963 bits per heavy atom. The van der Waals surface area contributed by atoms with Gasteiger partial charge in [0.15, 0.2) is 0 Å². The summed E-state index contributed by atoms with van der Waals surface area (Å²) in [6.45, 7) is 3.80. The average molecular weight is 364 g/mol. The normalized spacial score (nSPS) is 15.7. The molecule has 1 aliphatic heterocycles. The predicted octanol–water partition coefficient (Wildman–Crippen LogP) is 3.12. The largest absolute Gasteiger partial charge is 0.336 e. The van der Waals surface area contributed by atoms with Crippen molar-refractivity contribution < 1.29 is 9.18 Å². The van der Waals surface area contributed by atoms with Crippen LogP contribution in [-0.2, 0) is 6.54 Å². The van der Waals surface area contributed by atoms with E-state index in [0.29, 0.717) is 18.8 Å². The average Bonchev–Trinajstić information content (AvgIpc) is 2.94. The Morgan fingerprint density at radius 2 is 1.74 bits per heavy atom. The molecule has 0 N–H and O–H groups in total. The molecule has 2 aromatic carbocycles. The number of carbonyl (C=O) groups excluding carboxylic acids is 1. The second-order valence-electron chi connectivity index (χ2n) is 6.79. The zero-order chi connectivity index (χ0) is 18.6. The molecule has 4 rings (SSSR count). The van der Waals surface area contributed by atoms with Gasteiger partial charge in [0.1, 0.15) is 11.5 Å². The Kier molecular flexibility index (Phi) is 5.07. The molecule has 2 heterocycles. The van der Waals surface area contributed by atoms with Gasteiger partial charge >= 0.3 is 0 Å². The second-order valence-corrected chi connectivity index (χ2v) is 6.79. The third kappa shape index (κ3) is 4.11. The molecule has 138 valence electrons. The van der Waals surface area contributed by atoms with E-state index >= 15 is 0 Å². The molecular formula is C21H21FN4O. The van der Waals surface area contributed by atoms with Crippen molar-refractivity contribution in [2.75, 3.05) is 26.2 Å². The SMILES string of the molecule is O=C(c1cnc2ccccc2n1)N1CCCN(Cc2ccc(F)cc2)CC1. The Balaban J connectivity index is 1.42. The van der Waals surface area contributed by atoms with Gasteiger partial charge in [-0.05, 0) is 36.2 Å². The van der Waals surface area contributed by atoms with Crippen LogP contribution < -0.4 is 0 Å². The zero-order valence-electron chi connectivity index (χ0n) is 15.0. The number of para-hydroxylation sites is 2. The van der Waals surface area contributed by atoms with E-state index in [1.807, 2.05) is 41.3 Å². The van der Waals surface area contributed by atoms with Crippen molar-refractivity contribution in [1.29, 1.82) is 0 Å². The maximum absolute atomic E-state index is 13.1. The number of rotatable bonds is 3. The lowest BCUT2D eigenvalue weighted by atomic mass is 10.2. The van der Waals surface area contributed by atoms with Crippen LogP contribution in [0.25, 0.3) is 11.0 Å². The number of hydrogen-bond acceptors (Lipinski definition) is 4. The van der Waals surface area contributed by atoms with Crippen molar-refractivity contribution in [2.24, 2.45) is 0 Å². The number of amides is 1. The zero-order valence-corrected chi connectivity index (χ0v) is 15.0. The van der Waals surface area contributed by atoms with E-state index < -0.39 is 0 Å². The Hall–Kier alpha value is -2.86. The van der Waals surface area contributed by atoms with Crippen molar-refractivity contribution in [3.05, 3.63) is 71.8 Å². The van der Waals surface area contributed by atoms with Gasteiger partial charge in [0.25, 0.3) is 5.91 Å². The molecule has 1 aliphatic rings. The molecule has 1 amide bonds. The van der Waals surface area contributed by atoms with Crippen LogP contribution in [0, 0.1) is 5.82 Å². The molecule has 0 atom stereocenters. The second kappa shape index (κ2) is 7.80. The summed E-state index contributed by atoms with van der Waals surface area (Å²) in [4.78, 5) is 25.8. The summed E-state index contributed by atoms with van der Waals surface area (Å²) in [5.74, 6) is -0.292. The lowest BCUT2D eigenvalue weighted by Gasteiger charge is -2.22. The van der Waals surface area contributed by atoms with Crippen molar-refractivity contribution >= 4 is 16.9 Å². The van der Waals surface area contributed by atoms with Crippen molar-refractivity contribution in [1.82, 2.24) is 19.8 Å². The Bertz CT molecular complexity index is 944. The van der Waals surface area contributed by atoms with E-state index in [1.54, 1.807) is 6.20 Å². The van der Waals surface area contributed by atoms with Crippen LogP contribution in [0.3, 0.4) is 0 Å². The summed E-state index contributed by atoms with van der Waals surface area (Å²) in [6.07, 6.45) is 2.46. The first kappa shape index (κ1) is 17.5. The lowest BCUT2D eigenvalue weighted by Crippen LogP contribution is -2.35. The summed E-state index contributed by atoms with van der Waals surface area (Å²) in [5, 5.41) is 0. The van der Waals surface area contributed by atoms with Gasteiger partial charge in [-0.15, -0.1) is 0 Å². The first-order valence-electron chi connectivity index (χ1n) is 9.17. The quantitative estimate of drug-likeness (QED) is 0.717. The summed E-state index contributed by atoms with van der Waals surface area (Å²) in [5.41, 5.74) is 2.99. The third-order valence-electron chi connectivity index (χ3n) is 4.86. The van der Waals surface area contributed by atoms with Crippen molar-refractivity contribution in [3.8, 4) is 0 Å². The molecule has 5 nitrogen and oxygen atoms in total. The summed E-state index contributed by atoms with van der Waals surface area (Å²) in [7, 11) is 0. The standard InChI is InChI=1S/C21H21FN4O/c22-17-8-6-16(7-9-17)15-25-10-3-11-26(13-12-25)21(27)20-14-23-18-4-1-2-5-19(18)24-20/h1-2,4-9,14H,3,10-13,15H2. The molecule has 0 radical (unpaired) electrons. The molecule has 3 aromatic rings. The molecule has 6 heteroatoms. The molecule has 0 saturated carbocycles. The number of carbonyl (C=O) groups is 1. The van der Waals surface area contributed by atoms with Gasteiger partial charge in [-0.1, -0.05) is 24.3 Å². The van der Waals surface area contributed by atoms with E-state index in [2.05, 4.69) is 14.9 Å². The van der Waals surface area contributed by atoms with E-state index in [-0.39, 0.29) is 11.7 Å². The van der Waals surface area contributed by atoms with Crippen LogP contribution in [0.1, 0.15) is 22.5 Å². The fourth-order valence-electron chi connectivity index (χ4n) is 3.40. The molecule has 1 aromatic heterocycles. The van der Waals surface area contributed by atoms with Crippen LogP contribution in [0.5, 0.6) is 0 Å². The Labute approximate surface area is 157 Å². The lowest BCUT2D eigenvalue weighted by molar-refractivity contribution is 0.0755. The fraction of sp³-hybridized carbons (Fsp3) is 0.286. The molecule has 1 fully saturated rings. The number of hydrogen-bond donors (Lipinski definition) is 0. The van der Waals surface area contributed by atoms with E-state index in [9.17, 15) is 9.18 Å². The van der Waals surface area contributed by atoms with Gasteiger partial charge in [0.05, 0.1) is 17.2 Å². The molecule has 0 aliphatic carbocycles. The van der Waals surface area contributed by atoms with Crippen LogP contribution in [0.2, 0.25) is 0 Å². The minimum Gasteiger partial charge on any atom is -0.336 e. The van der Waals surface area contributed by atoms with Crippen LogP contribution >= 0.6 is 0 Å². The molecule has 1 saturated heterocycles. The van der Waals surface area contributed by atoms with Gasteiger partial charge in [-0.25, -0.2) is 9.37 Å². The number of halogens is 1. The fourth-order valence-corrected chi connectivity index (χ4v) is 3.40. The highest BCUT2D eigenvalue weighted by atomic mass is 19.1. The van der Waals surface area contributed by atoms with Gasteiger partial charge in [-0.3, -0.25) is 14.7 Å². The maximum atomic E-state index is 13.1. The first-order chi connectivity index (χ1) is 13.2. The molecular weight excluding hydrogens is 343 g/mol. The van der Waals surface area contributed by atoms with Gasteiger partial charge in [-0.2, -0.15) is 0 Å². The van der Waals surface area contributed by atoms with Crippen LogP contribution in [0.4, 0.5) is 4.39 Å². The summed E-state index contributed by atoms with van der Waals surface area (Å²) >= 11 is 0. The number of aromatic nitrogens is 2.